The van der Waals surface area contributed by atoms with E-state index in [1.54, 1.807) is 30.5 Å². The number of furan rings is 1. The Bertz CT molecular complexity index is 737. The topological polar surface area (TPSA) is 88.6 Å². The second kappa shape index (κ2) is 7.38. The van der Waals surface area contributed by atoms with Crippen LogP contribution in [-0.4, -0.2) is 23.9 Å². The monoisotopic (exact) mass is 343 g/mol. The van der Waals surface area contributed by atoms with Crippen LogP contribution in [0.2, 0.25) is 0 Å². The number of hydrogen-bond acceptors (Lipinski definition) is 5. The summed E-state index contributed by atoms with van der Waals surface area (Å²) in [6.07, 6.45) is 2.93. The van der Waals surface area contributed by atoms with Gasteiger partial charge >= 0.3 is 0 Å². The number of para-hydroxylation sites is 2. The number of anilines is 1. The van der Waals surface area contributed by atoms with Crippen molar-refractivity contribution in [1.82, 2.24) is 5.32 Å². The first-order valence-electron chi connectivity index (χ1n) is 8.38. The quantitative estimate of drug-likeness (QED) is 0.665. The lowest BCUT2D eigenvalue weighted by molar-refractivity contribution is -0.384. The number of carbonyl (C=O) groups excluding carboxylic acids is 1. The number of rotatable bonds is 5. The van der Waals surface area contributed by atoms with Crippen LogP contribution < -0.4 is 10.2 Å². The van der Waals surface area contributed by atoms with Gasteiger partial charge in [-0.2, -0.15) is 0 Å². The Morgan fingerprint density at radius 3 is 2.64 bits per heavy atom. The molecular weight excluding hydrogens is 322 g/mol. The third-order valence-corrected chi connectivity index (χ3v) is 4.61. The largest absolute Gasteiger partial charge is 0.467 e. The average Bonchev–Trinajstić information content (AvgIpc) is 3.16. The number of hydrogen-bond donors (Lipinski definition) is 1. The summed E-state index contributed by atoms with van der Waals surface area (Å²) in [6, 6.07) is 10.2. The first kappa shape index (κ1) is 17.0. The predicted molar refractivity (Wildman–Crippen MR) is 93.3 cm³/mol. The molecule has 25 heavy (non-hydrogen) atoms. The second-order valence-electron chi connectivity index (χ2n) is 6.25. The van der Waals surface area contributed by atoms with E-state index in [2.05, 4.69) is 5.32 Å². The minimum Gasteiger partial charge on any atom is -0.467 e. The van der Waals surface area contributed by atoms with Crippen LogP contribution >= 0.6 is 0 Å². The summed E-state index contributed by atoms with van der Waals surface area (Å²) in [7, 11) is 0. The molecule has 0 saturated carbocycles. The van der Waals surface area contributed by atoms with Crippen molar-refractivity contribution in [2.45, 2.75) is 25.8 Å². The lowest BCUT2D eigenvalue weighted by Gasteiger charge is -2.33. The Morgan fingerprint density at radius 1 is 1.28 bits per heavy atom. The number of nitrogens with one attached hydrogen (secondary N) is 1. The number of nitrogens with zero attached hydrogens (tertiary/aromatic N) is 2. The van der Waals surface area contributed by atoms with Gasteiger partial charge in [-0.05, 0) is 38.0 Å². The Hall–Kier alpha value is -2.83. The van der Waals surface area contributed by atoms with E-state index in [4.69, 9.17) is 4.42 Å². The lowest BCUT2D eigenvalue weighted by Crippen LogP contribution is -2.41. The van der Waals surface area contributed by atoms with Crippen LogP contribution in [0.3, 0.4) is 0 Å². The van der Waals surface area contributed by atoms with Crippen LogP contribution in [0.25, 0.3) is 0 Å². The summed E-state index contributed by atoms with van der Waals surface area (Å²) >= 11 is 0. The van der Waals surface area contributed by atoms with Gasteiger partial charge in [0.1, 0.15) is 11.4 Å². The minimum absolute atomic E-state index is 0.00566. The van der Waals surface area contributed by atoms with Gasteiger partial charge in [-0.3, -0.25) is 14.9 Å². The molecule has 1 fully saturated rings. The highest BCUT2D eigenvalue weighted by molar-refractivity contribution is 5.79. The van der Waals surface area contributed by atoms with Crippen LogP contribution in [0.1, 0.15) is 31.6 Å². The maximum absolute atomic E-state index is 12.4. The Labute approximate surface area is 145 Å². The van der Waals surface area contributed by atoms with Gasteiger partial charge in [0, 0.05) is 25.1 Å². The van der Waals surface area contributed by atoms with Crippen LogP contribution in [0, 0.1) is 16.0 Å². The molecule has 7 nitrogen and oxygen atoms in total. The second-order valence-corrected chi connectivity index (χ2v) is 6.25. The molecule has 1 N–H and O–H groups in total. The van der Waals surface area contributed by atoms with Gasteiger partial charge in [0.05, 0.1) is 17.2 Å². The molecule has 0 spiro atoms. The van der Waals surface area contributed by atoms with E-state index in [1.807, 2.05) is 17.9 Å². The summed E-state index contributed by atoms with van der Waals surface area (Å²) in [6.45, 7) is 3.13. The van der Waals surface area contributed by atoms with Crippen molar-refractivity contribution in [2.75, 3.05) is 18.0 Å². The van der Waals surface area contributed by atoms with Gasteiger partial charge in [-0.25, -0.2) is 0 Å². The summed E-state index contributed by atoms with van der Waals surface area (Å²) in [4.78, 5) is 25.2. The maximum Gasteiger partial charge on any atom is 0.292 e. The van der Waals surface area contributed by atoms with Gasteiger partial charge in [0.2, 0.25) is 5.91 Å². The molecule has 3 rings (SSSR count). The highest BCUT2D eigenvalue weighted by atomic mass is 16.6. The molecule has 1 aliphatic rings. The lowest BCUT2D eigenvalue weighted by atomic mass is 9.95. The number of piperidine rings is 1. The van der Waals surface area contributed by atoms with E-state index in [0.717, 1.165) is 5.76 Å². The van der Waals surface area contributed by atoms with Gasteiger partial charge in [0.15, 0.2) is 0 Å². The molecule has 0 bridgehead atoms. The molecule has 2 aromatic rings. The van der Waals surface area contributed by atoms with E-state index in [-0.39, 0.29) is 28.5 Å². The summed E-state index contributed by atoms with van der Waals surface area (Å²) in [5.74, 6) is 0.647. The van der Waals surface area contributed by atoms with Crippen LogP contribution in [0.15, 0.2) is 47.1 Å². The van der Waals surface area contributed by atoms with E-state index in [9.17, 15) is 14.9 Å². The third kappa shape index (κ3) is 3.81. The van der Waals surface area contributed by atoms with E-state index < -0.39 is 0 Å². The fourth-order valence-corrected chi connectivity index (χ4v) is 3.21. The van der Waals surface area contributed by atoms with Gasteiger partial charge in [-0.15, -0.1) is 0 Å². The molecule has 1 atom stereocenters. The number of benzene rings is 1. The van der Waals surface area contributed by atoms with Crippen molar-refractivity contribution in [3.8, 4) is 0 Å². The zero-order valence-electron chi connectivity index (χ0n) is 14.1. The Balaban J connectivity index is 1.59. The van der Waals surface area contributed by atoms with Crippen molar-refractivity contribution in [3.05, 3.63) is 58.5 Å². The summed E-state index contributed by atoms with van der Waals surface area (Å²) < 4.78 is 5.31. The smallest absolute Gasteiger partial charge is 0.292 e. The molecule has 0 aliphatic carbocycles. The van der Waals surface area contributed by atoms with Crippen LogP contribution in [0.4, 0.5) is 11.4 Å². The first-order chi connectivity index (χ1) is 12.1. The van der Waals surface area contributed by atoms with Crippen molar-refractivity contribution in [2.24, 2.45) is 5.92 Å². The predicted octanol–water partition coefficient (Wildman–Crippen LogP) is 3.28. The molecule has 1 aromatic carbocycles. The maximum atomic E-state index is 12.4. The minimum atomic E-state index is -0.362. The fraction of sp³-hybridized carbons (Fsp3) is 0.389. The molecule has 2 heterocycles. The van der Waals surface area contributed by atoms with E-state index in [0.29, 0.717) is 31.6 Å². The molecule has 7 heteroatoms. The SMILES string of the molecule is C[C@@H](NC(=O)C1CCN(c2ccccc2[N+](=O)[O-])CC1)c1ccco1. The number of amides is 1. The molecule has 1 aromatic heterocycles. The highest BCUT2D eigenvalue weighted by Gasteiger charge is 2.28. The van der Waals surface area contributed by atoms with E-state index >= 15 is 0 Å². The van der Waals surface area contributed by atoms with Gasteiger partial charge < -0.3 is 14.6 Å². The van der Waals surface area contributed by atoms with Crippen molar-refractivity contribution >= 4 is 17.3 Å². The fourth-order valence-electron chi connectivity index (χ4n) is 3.21. The first-order valence-corrected chi connectivity index (χ1v) is 8.38. The third-order valence-electron chi connectivity index (χ3n) is 4.61. The zero-order valence-corrected chi connectivity index (χ0v) is 14.1. The molecule has 0 radical (unpaired) electrons. The number of nitro groups is 1. The van der Waals surface area contributed by atoms with Crippen LogP contribution in [-0.2, 0) is 4.79 Å². The number of nitro benzene ring substituents is 1. The number of carbonyl (C=O) groups is 1. The normalized spacial score (nSPS) is 16.4. The van der Waals surface area contributed by atoms with E-state index in [1.165, 1.54) is 6.07 Å². The Morgan fingerprint density at radius 2 is 2.00 bits per heavy atom. The van der Waals surface area contributed by atoms with Crippen molar-refractivity contribution in [3.63, 3.8) is 0 Å². The molecule has 1 amide bonds. The van der Waals surface area contributed by atoms with Gasteiger partial charge in [0.25, 0.3) is 5.69 Å². The molecule has 0 unspecified atom stereocenters. The van der Waals surface area contributed by atoms with Crippen LogP contribution in [0.5, 0.6) is 0 Å². The highest BCUT2D eigenvalue weighted by Crippen LogP contribution is 2.31. The molecule has 132 valence electrons. The van der Waals surface area contributed by atoms with Crippen molar-refractivity contribution in [1.29, 1.82) is 0 Å². The summed E-state index contributed by atoms with van der Waals surface area (Å²) in [5, 5.41) is 14.2. The standard InChI is InChI=1S/C18H21N3O4/c1-13(17-7-4-12-25-17)19-18(22)14-8-10-20(11-9-14)15-5-2-3-6-16(15)21(23)24/h2-7,12-14H,8-11H2,1H3,(H,19,22)/t13-/m1/s1. The molecule has 1 saturated heterocycles. The summed E-state index contributed by atoms with van der Waals surface area (Å²) in [5.41, 5.74) is 0.729. The molecular formula is C18H21N3O4. The van der Waals surface area contributed by atoms with Crippen molar-refractivity contribution < 1.29 is 14.1 Å². The average molecular weight is 343 g/mol. The zero-order chi connectivity index (χ0) is 17.8. The molecule has 1 aliphatic heterocycles. The van der Waals surface area contributed by atoms with Gasteiger partial charge in [-0.1, -0.05) is 12.1 Å². The Kier molecular flexibility index (Phi) is 5.02.